The summed E-state index contributed by atoms with van der Waals surface area (Å²) in [5.41, 5.74) is 0.382. The van der Waals surface area contributed by atoms with Gasteiger partial charge in [0.15, 0.2) is 0 Å². The third kappa shape index (κ3) is 2.69. The van der Waals surface area contributed by atoms with Gasteiger partial charge in [-0.3, -0.25) is 0 Å². The van der Waals surface area contributed by atoms with Crippen LogP contribution in [0.1, 0.15) is 11.1 Å². The Labute approximate surface area is 119 Å². The van der Waals surface area contributed by atoms with E-state index in [0.717, 1.165) is 6.07 Å². The molecule has 2 aromatic rings. The minimum atomic E-state index is -4.44. The zero-order valence-corrected chi connectivity index (χ0v) is 11.5. The Balaban J connectivity index is 2.69. The first-order valence-electron chi connectivity index (χ1n) is 5.99. The summed E-state index contributed by atoms with van der Waals surface area (Å²) in [7, 11) is 0. The molecule has 0 unspecified atom stereocenters. The molecule has 1 aromatic carbocycles. The summed E-state index contributed by atoms with van der Waals surface area (Å²) < 4.78 is 40.8. The molecule has 0 aliphatic rings. The van der Waals surface area contributed by atoms with Crippen LogP contribution in [0, 0.1) is 6.92 Å². The van der Waals surface area contributed by atoms with E-state index < -0.39 is 11.7 Å². The van der Waals surface area contributed by atoms with E-state index in [1.54, 1.807) is 19.1 Å². The molecule has 0 amide bonds. The van der Waals surface area contributed by atoms with E-state index in [-0.39, 0.29) is 18.7 Å². The summed E-state index contributed by atoms with van der Waals surface area (Å²) in [5, 5.41) is 9.36. The van der Waals surface area contributed by atoms with Gasteiger partial charge < -0.3 is 9.67 Å². The van der Waals surface area contributed by atoms with Gasteiger partial charge in [-0.15, -0.1) is 0 Å². The molecule has 0 spiro atoms. The van der Waals surface area contributed by atoms with E-state index in [4.69, 9.17) is 16.7 Å². The van der Waals surface area contributed by atoms with E-state index in [0.29, 0.717) is 16.4 Å². The number of alkyl halides is 3. The van der Waals surface area contributed by atoms with Gasteiger partial charge in [-0.2, -0.15) is 13.2 Å². The fraction of sp³-hybridized carbons (Fsp3) is 0.286. The summed E-state index contributed by atoms with van der Waals surface area (Å²) in [6.45, 7) is 1.64. The Kier molecular flexibility index (Phi) is 4.11. The molecule has 0 saturated carbocycles. The SMILES string of the molecule is Cc1cc(Cl)n(CCO)c1-c1ccccc1C(F)(F)F. The van der Waals surface area contributed by atoms with Crippen LogP contribution in [0.5, 0.6) is 0 Å². The maximum Gasteiger partial charge on any atom is 0.417 e. The lowest BCUT2D eigenvalue weighted by Crippen LogP contribution is -2.10. The lowest BCUT2D eigenvalue weighted by atomic mass is 10.0. The molecule has 108 valence electrons. The van der Waals surface area contributed by atoms with Gasteiger partial charge in [-0.25, -0.2) is 0 Å². The second-order valence-corrected chi connectivity index (χ2v) is 4.80. The highest BCUT2D eigenvalue weighted by molar-refractivity contribution is 6.30. The van der Waals surface area contributed by atoms with Gasteiger partial charge in [0.25, 0.3) is 0 Å². The van der Waals surface area contributed by atoms with Crippen LogP contribution in [0.3, 0.4) is 0 Å². The first-order valence-corrected chi connectivity index (χ1v) is 6.37. The van der Waals surface area contributed by atoms with Crippen molar-refractivity contribution in [3.63, 3.8) is 0 Å². The van der Waals surface area contributed by atoms with Crippen molar-refractivity contribution < 1.29 is 18.3 Å². The molecule has 0 atom stereocenters. The van der Waals surface area contributed by atoms with Crippen molar-refractivity contribution in [2.45, 2.75) is 19.6 Å². The van der Waals surface area contributed by atoms with Gasteiger partial charge in [0.1, 0.15) is 5.15 Å². The summed E-state index contributed by atoms with van der Waals surface area (Å²) in [6, 6.07) is 6.95. The van der Waals surface area contributed by atoms with Gasteiger partial charge >= 0.3 is 6.18 Å². The van der Waals surface area contributed by atoms with Gasteiger partial charge in [0.05, 0.1) is 17.9 Å². The Morgan fingerprint density at radius 3 is 2.50 bits per heavy atom. The monoisotopic (exact) mass is 303 g/mol. The molecule has 20 heavy (non-hydrogen) atoms. The predicted octanol–water partition coefficient (Wildman–Crippen LogP) is 4.13. The first-order chi connectivity index (χ1) is 9.36. The van der Waals surface area contributed by atoms with Crippen molar-refractivity contribution in [2.24, 2.45) is 0 Å². The van der Waals surface area contributed by atoms with Crippen LogP contribution in [0.25, 0.3) is 11.3 Å². The lowest BCUT2D eigenvalue weighted by Gasteiger charge is -2.16. The van der Waals surface area contributed by atoms with Gasteiger partial charge in [0, 0.05) is 12.1 Å². The lowest BCUT2D eigenvalue weighted by molar-refractivity contribution is -0.137. The van der Waals surface area contributed by atoms with Crippen molar-refractivity contribution in [3.05, 3.63) is 46.6 Å². The summed E-state index contributed by atoms with van der Waals surface area (Å²) in [6.07, 6.45) is -4.44. The molecular weight excluding hydrogens is 291 g/mol. The number of aromatic nitrogens is 1. The van der Waals surface area contributed by atoms with E-state index in [1.807, 2.05) is 0 Å². The molecule has 6 heteroatoms. The minimum Gasteiger partial charge on any atom is -0.395 e. The van der Waals surface area contributed by atoms with Crippen molar-refractivity contribution in [1.82, 2.24) is 4.57 Å². The van der Waals surface area contributed by atoms with Crippen LogP contribution in [0.2, 0.25) is 5.15 Å². The summed E-state index contributed by atoms with van der Waals surface area (Å²) in [5.74, 6) is 0. The molecule has 0 saturated heterocycles. The van der Waals surface area contributed by atoms with Crippen LogP contribution in [-0.4, -0.2) is 16.3 Å². The quantitative estimate of drug-likeness (QED) is 0.906. The second kappa shape index (κ2) is 5.50. The number of nitrogens with zero attached hydrogens (tertiary/aromatic N) is 1. The molecule has 0 radical (unpaired) electrons. The molecule has 1 aromatic heterocycles. The third-order valence-corrected chi connectivity index (χ3v) is 3.36. The van der Waals surface area contributed by atoms with Gasteiger partial charge in [0.2, 0.25) is 0 Å². The Morgan fingerprint density at radius 1 is 1.25 bits per heavy atom. The fourth-order valence-corrected chi connectivity index (χ4v) is 2.59. The fourth-order valence-electron chi connectivity index (χ4n) is 2.26. The molecule has 0 fully saturated rings. The predicted molar refractivity (Wildman–Crippen MR) is 71.7 cm³/mol. The molecule has 1 heterocycles. The van der Waals surface area contributed by atoms with E-state index in [9.17, 15) is 13.2 Å². The molecule has 0 aliphatic carbocycles. The van der Waals surface area contributed by atoms with Gasteiger partial charge in [-0.05, 0) is 24.6 Å². The highest BCUT2D eigenvalue weighted by atomic mass is 35.5. The van der Waals surface area contributed by atoms with Crippen molar-refractivity contribution in [2.75, 3.05) is 6.61 Å². The number of aryl methyl sites for hydroxylation is 1. The maximum atomic E-state index is 13.1. The summed E-state index contributed by atoms with van der Waals surface area (Å²) >= 11 is 6.02. The standard InChI is InChI=1S/C14H13ClF3NO/c1-9-8-12(15)19(6-7-20)13(9)10-4-2-3-5-11(10)14(16,17)18/h2-5,8,20H,6-7H2,1H3. The summed E-state index contributed by atoms with van der Waals surface area (Å²) in [4.78, 5) is 0. The van der Waals surface area contributed by atoms with Crippen LogP contribution >= 0.6 is 11.6 Å². The average molecular weight is 304 g/mol. The number of aliphatic hydroxyl groups excluding tert-OH is 1. The second-order valence-electron chi connectivity index (χ2n) is 4.42. The minimum absolute atomic E-state index is 0.0675. The van der Waals surface area contributed by atoms with Crippen LogP contribution in [0.4, 0.5) is 13.2 Å². The number of aliphatic hydroxyl groups is 1. The van der Waals surface area contributed by atoms with Crippen molar-refractivity contribution in [1.29, 1.82) is 0 Å². The Bertz CT molecular complexity index is 619. The molecule has 1 N–H and O–H groups in total. The topological polar surface area (TPSA) is 25.2 Å². The molecule has 2 nitrogen and oxygen atoms in total. The van der Waals surface area contributed by atoms with Crippen LogP contribution in [0.15, 0.2) is 30.3 Å². The highest BCUT2D eigenvalue weighted by Gasteiger charge is 2.34. The smallest absolute Gasteiger partial charge is 0.395 e. The Morgan fingerprint density at radius 2 is 1.90 bits per heavy atom. The molecule has 2 rings (SSSR count). The number of benzene rings is 1. The molecular formula is C14H13ClF3NO. The average Bonchev–Trinajstić information content (AvgIpc) is 2.64. The zero-order chi connectivity index (χ0) is 14.9. The number of hydrogen-bond acceptors (Lipinski definition) is 1. The maximum absolute atomic E-state index is 13.1. The van der Waals surface area contributed by atoms with Crippen molar-refractivity contribution in [3.8, 4) is 11.3 Å². The molecule has 0 bridgehead atoms. The van der Waals surface area contributed by atoms with E-state index >= 15 is 0 Å². The number of halogens is 4. The van der Waals surface area contributed by atoms with E-state index in [1.165, 1.54) is 16.7 Å². The van der Waals surface area contributed by atoms with E-state index in [2.05, 4.69) is 0 Å². The normalized spacial score (nSPS) is 11.9. The largest absolute Gasteiger partial charge is 0.417 e. The van der Waals surface area contributed by atoms with Crippen LogP contribution in [-0.2, 0) is 12.7 Å². The third-order valence-electron chi connectivity index (χ3n) is 3.05. The molecule has 0 aliphatic heterocycles. The first kappa shape index (κ1) is 14.9. The highest BCUT2D eigenvalue weighted by Crippen LogP contribution is 2.39. The number of hydrogen-bond donors (Lipinski definition) is 1. The van der Waals surface area contributed by atoms with Crippen molar-refractivity contribution >= 4 is 11.6 Å². The van der Waals surface area contributed by atoms with Gasteiger partial charge in [-0.1, -0.05) is 29.8 Å². The number of rotatable bonds is 3. The van der Waals surface area contributed by atoms with Crippen LogP contribution < -0.4 is 0 Å². The zero-order valence-electron chi connectivity index (χ0n) is 10.7. The Hall–Kier alpha value is -1.46.